The third-order valence-corrected chi connectivity index (χ3v) is 3.09. The van der Waals surface area contributed by atoms with E-state index >= 15 is 0 Å². The number of phenolic OH excluding ortho intramolecular Hbond substituents is 1. The summed E-state index contributed by atoms with van der Waals surface area (Å²) < 4.78 is 0. The van der Waals surface area contributed by atoms with Crippen LogP contribution in [-0.2, 0) is 0 Å². The van der Waals surface area contributed by atoms with Crippen molar-refractivity contribution in [2.45, 2.75) is 6.92 Å². The number of hydrogen-bond acceptors (Lipinski definition) is 3. The summed E-state index contributed by atoms with van der Waals surface area (Å²) in [5.74, 6) is 0.0357. The smallest absolute Gasteiger partial charge is 0.125 e. The standard InChI is InChI=1S/C14H12ClNO2/c1-9-7-13(17)11(8-12(9)15)14(16-18)10-5-3-2-4-6-10/h2-8,17-18H,1H3. The number of oxime groups is 1. The van der Waals surface area contributed by atoms with Gasteiger partial charge in [0.05, 0.1) is 0 Å². The minimum atomic E-state index is 0.0357. The van der Waals surface area contributed by atoms with Crippen molar-refractivity contribution in [3.8, 4) is 5.75 Å². The fourth-order valence-corrected chi connectivity index (χ4v) is 1.88. The number of aryl methyl sites for hydroxylation is 1. The molecule has 0 saturated heterocycles. The van der Waals surface area contributed by atoms with Gasteiger partial charge < -0.3 is 10.3 Å². The Balaban J connectivity index is 2.57. The van der Waals surface area contributed by atoms with E-state index in [9.17, 15) is 5.11 Å². The predicted octanol–water partition coefficient (Wildman–Crippen LogP) is 3.58. The molecule has 0 aromatic heterocycles. The van der Waals surface area contributed by atoms with Crippen LogP contribution >= 0.6 is 11.6 Å². The molecule has 0 aliphatic heterocycles. The SMILES string of the molecule is Cc1cc(O)c(C(=NO)c2ccccc2)cc1Cl. The molecule has 0 fully saturated rings. The number of halogens is 1. The number of rotatable bonds is 2. The molecule has 0 atom stereocenters. The minimum absolute atomic E-state index is 0.0357. The molecule has 0 unspecified atom stereocenters. The van der Waals surface area contributed by atoms with E-state index in [1.54, 1.807) is 31.2 Å². The van der Waals surface area contributed by atoms with E-state index in [-0.39, 0.29) is 11.5 Å². The van der Waals surface area contributed by atoms with Gasteiger partial charge in [0.15, 0.2) is 0 Å². The van der Waals surface area contributed by atoms with Crippen LogP contribution in [-0.4, -0.2) is 16.0 Å². The first kappa shape index (κ1) is 12.5. The van der Waals surface area contributed by atoms with E-state index in [1.165, 1.54) is 0 Å². The molecule has 0 heterocycles. The lowest BCUT2D eigenvalue weighted by molar-refractivity contribution is 0.319. The monoisotopic (exact) mass is 261 g/mol. The van der Waals surface area contributed by atoms with E-state index in [2.05, 4.69) is 5.16 Å². The molecule has 18 heavy (non-hydrogen) atoms. The first-order valence-electron chi connectivity index (χ1n) is 5.40. The van der Waals surface area contributed by atoms with Crippen molar-refractivity contribution < 1.29 is 10.3 Å². The molecule has 4 heteroatoms. The number of hydrogen-bond donors (Lipinski definition) is 2. The Morgan fingerprint density at radius 2 is 1.83 bits per heavy atom. The first-order valence-corrected chi connectivity index (χ1v) is 5.78. The van der Waals surface area contributed by atoms with Crippen molar-refractivity contribution in [3.63, 3.8) is 0 Å². The summed E-state index contributed by atoms with van der Waals surface area (Å²) in [6.07, 6.45) is 0. The summed E-state index contributed by atoms with van der Waals surface area (Å²) in [6, 6.07) is 12.2. The second-order valence-corrected chi connectivity index (χ2v) is 4.34. The molecule has 2 aromatic rings. The summed E-state index contributed by atoms with van der Waals surface area (Å²) in [4.78, 5) is 0. The minimum Gasteiger partial charge on any atom is -0.507 e. The Labute approximate surface area is 110 Å². The van der Waals surface area contributed by atoms with Gasteiger partial charge in [0.2, 0.25) is 0 Å². The molecule has 0 amide bonds. The third-order valence-electron chi connectivity index (χ3n) is 2.68. The number of benzene rings is 2. The highest BCUT2D eigenvalue weighted by Crippen LogP contribution is 2.27. The Kier molecular flexibility index (Phi) is 3.53. The lowest BCUT2D eigenvalue weighted by Crippen LogP contribution is -2.04. The molecule has 0 radical (unpaired) electrons. The molecule has 2 rings (SSSR count). The molecule has 0 aliphatic carbocycles. The predicted molar refractivity (Wildman–Crippen MR) is 71.7 cm³/mol. The average Bonchev–Trinajstić information content (AvgIpc) is 2.38. The second-order valence-electron chi connectivity index (χ2n) is 3.93. The quantitative estimate of drug-likeness (QED) is 0.493. The van der Waals surface area contributed by atoms with Gasteiger partial charge in [0, 0.05) is 16.1 Å². The molecule has 0 bridgehead atoms. The third kappa shape index (κ3) is 2.31. The van der Waals surface area contributed by atoms with Crippen LogP contribution in [0.2, 0.25) is 5.02 Å². The summed E-state index contributed by atoms with van der Waals surface area (Å²) in [5, 5.41) is 22.9. The summed E-state index contributed by atoms with van der Waals surface area (Å²) in [7, 11) is 0. The van der Waals surface area contributed by atoms with Gasteiger partial charge in [-0.15, -0.1) is 0 Å². The highest BCUT2D eigenvalue weighted by Gasteiger charge is 2.14. The van der Waals surface area contributed by atoms with Crippen molar-refractivity contribution in [3.05, 3.63) is 64.2 Å². The van der Waals surface area contributed by atoms with Gasteiger partial charge in [-0.1, -0.05) is 47.1 Å². The van der Waals surface area contributed by atoms with Crippen molar-refractivity contribution in [1.29, 1.82) is 0 Å². The molecule has 2 aromatic carbocycles. The first-order chi connectivity index (χ1) is 8.63. The van der Waals surface area contributed by atoms with Gasteiger partial charge in [-0.25, -0.2) is 0 Å². The molecule has 92 valence electrons. The zero-order valence-corrected chi connectivity index (χ0v) is 10.5. The average molecular weight is 262 g/mol. The number of phenols is 1. The van der Waals surface area contributed by atoms with Gasteiger partial charge in [-0.2, -0.15) is 0 Å². The second kappa shape index (κ2) is 5.10. The van der Waals surface area contributed by atoms with Crippen molar-refractivity contribution in [2.75, 3.05) is 0 Å². The van der Waals surface area contributed by atoms with Crippen LogP contribution in [0.25, 0.3) is 0 Å². The van der Waals surface area contributed by atoms with E-state index in [4.69, 9.17) is 16.8 Å². The van der Waals surface area contributed by atoms with Gasteiger partial charge in [0.1, 0.15) is 11.5 Å². The van der Waals surface area contributed by atoms with Crippen LogP contribution in [0.3, 0.4) is 0 Å². The summed E-state index contributed by atoms with van der Waals surface area (Å²) >= 11 is 6.03. The van der Waals surface area contributed by atoms with Crippen LogP contribution in [0.15, 0.2) is 47.6 Å². The van der Waals surface area contributed by atoms with Gasteiger partial charge in [-0.05, 0) is 24.6 Å². The Hall–Kier alpha value is -2.00. The van der Waals surface area contributed by atoms with E-state index < -0.39 is 0 Å². The Morgan fingerprint density at radius 1 is 1.17 bits per heavy atom. The van der Waals surface area contributed by atoms with Crippen LogP contribution in [0, 0.1) is 6.92 Å². The topological polar surface area (TPSA) is 52.8 Å². The van der Waals surface area contributed by atoms with E-state index in [0.29, 0.717) is 16.1 Å². The fourth-order valence-electron chi connectivity index (χ4n) is 1.72. The van der Waals surface area contributed by atoms with E-state index in [0.717, 1.165) is 5.56 Å². The maximum Gasteiger partial charge on any atom is 0.125 e. The lowest BCUT2D eigenvalue weighted by Gasteiger charge is -2.09. The molecule has 0 aliphatic rings. The van der Waals surface area contributed by atoms with Gasteiger partial charge in [0.25, 0.3) is 0 Å². The Bertz CT molecular complexity index is 594. The van der Waals surface area contributed by atoms with Crippen LogP contribution in [0.4, 0.5) is 0 Å². The Morgan fingerprint density at radius 3 is 2.44 bits per heavy atom. The highest BCUT2D eigenvalue weighted by molar-refractivity contribution is 6.32. The molecule has 0 saturated carbocycles. The van der Waals surface area contributed by atoms with Crippen LogP contribution in [0.5, 0.6) is 5.75 Å². The maximum atomic E-state index is 9.93. The lowest BCUT2D eigenvalue weighted by atomic mass is 10.0. The van der Waals surface area contributed by atoms with Crippen molar-refractivity contribution >= 4 is 17.3 Å². The van der Waals surface area contributed by atoms with Crippen LogP contribution in [0.1, 0.15) is 16.7 Å². The summed E-state index contributed by atoms with van der Waals surface area (Å²) in [5.41, 5.74) is 2.16. The molecular formula is C14H12ClNO2. The molecule has 3 nitrogen and oxygen atoms in total. The van der Waals surface area contributed by atoms with Gasteiger partial charge >= 0.3 is 0 Å². The molecule has 2 N–H and O–H groups in total. The molecular weight excluding hydrogens is 250 g/mol. The van der Waals surface area contributed by atoms with E-state index in [1.807, 2.05) is 18.2 Å². The number of aromatic hydroxyl groups is 1. The number of nitrogens with zero attached hydrogens (tertiary/aromatic N) is 1. The van der Waals surface area contributed by atoms with Crippen molar-refractivity contribution in [2.24, 2.45) is 5.16 Å². The van der Waals surface area contributed by atoms with Crippen molar-refractivity contribution in [1.82, 2.24) is 0 Å². The van der Waals surface area contributed by atoms with Crippen LogP contribution < -0.4 is 0 Å². The van der Waals surface area contributed by atoms with Gasteiger partial charge in [-0.3, -0.25) is 0 Å². The fraction of sp³-hybridized carbons (Fsp3) is 0.0714. The highest BCUT2D eigenvalue weighted by atomic mass is 35.5. The zero-order chi connectivity index (χ0) is 13.1. The normalized spacial score (nSPS) is 11.6. The summed E-state index contributed by atoms with van der Waals surface area (Å²) in [6.45, 7) is 1.80. The zero-order valence-electron chi connectivity index (χ0n) is 9.76. The largest absolute Gasteiger partial charge is 0.507 e. The maximum absolute atomic E-state index is 9.93. The molecule has 0 spiro atoms.